The number of rotatable bonds is 4. The third-order valence-corrected chi connectivity index (χ3v) is 1.93. The third-order valence-electron chi connectivity index (χ3n) is 1.93. The monoisotopic (exact) mass is 203 g/mol. The van der Waals surface area contributed by atoms with Crippen LogP contribution < -0.4 is 5.53 Å². The second-order valence-electron chi connectivity index (χ2n) is 2.63. The van der Waals surface area contributed by atoms with Gasteiger partial charge in [-0.1, -0.05) is 0 Å². The molecule has 7 nitrogen and oxygen atoms in total. The SMILES string of the molecule is OCC1=NNN(CO)C(CO)=C1CO. The Morgan fingerprint density at radius 1 is 1.07 bits per heavy atom. The van der Waals surface area contributed by atoms with Gasteiger partial charge in [-0.05, 0) is 0 Å². The molecule has 7 heteroatoms. The topological polar surface area (TPSA) is 109 Å². The first-order chi connectivity index (χ1) is 6.78. The fraction of sp³-hybridized carbons (Fsp3) is 0.571. The minimum absolute atomic E-state index is 0.251. The minimum atomic E-state index is -0.387. The Morgan fingerprint density at radius 2 is 1.79 bits per heavy atom. The van der Waals surface area contributed by atoms with Crippen LogP contribution >= 0.6 is 0 Å². The van der Waals surface area contributed by atoms with E-state index in [0.717, 1.165) is 0 Å². The number of aliphatic hydroxyl groups is 4. The highest BCUT2D eigenvalue weighted by atomic mass is 16.3. The summed E-state index contributed by atoms with van der Waals surface area (Å²) in [4.78, 5) is 0. The molecule has 0 fully saturated rings. The summed E-state index contributed by atoms with van der Waals surface area (Å²) in [5, 5.41) is 40.7. The van der Waals surface area contributed by atoms with Crippen LogP contribution in [-0.4, -0.2) is 57.7 Å². The molecule has 0 amide bonds. The Labute approximate surface area is 80.6 Å². The zero-order valence-electron chi connectivity index (χ0n) is 7.51. The Hall–Kier alpha value is -1.15. The number of hydrazone groups is 1. The molecule has 0 aromatic rings. The average Bonchev–Trinajstić information content (AvgIpc) is 2.26. The molecule has 0 atom stereocenters. The number of aliphatic hydroxyl groups excluding tert-OH is 4. The lowest BCUT2D eigenvalue weighted by Gasteiger charge is -2.29. The van der Waals surface area contributed by atoms with Crippen LogP contribution in [0.25, 0.3) is 0 Å². The van der Waals surface area contributed by atoms with Gasteiger partial charge in [0.15, 0.2) is 0 Å². The smallest absolute Gasteiger partial charge is 0.135 e. The molecule has 0 aromatic carbocycles. The normalized spacial score (nSPS) is 16.9. The maximum absolute atomic E-state index is 9.01. The maximum Gasteiger partial charge on any atom is 0.135 e. The van der Waals surface area contributed by atoms with Crippen molar-refractivity contribution in [2.75, 3.05) is 26.6 Å². The standard InChI is InChI=1S/C7H13N3O4/c11-1-5-6(2-12)8-9-10(4-14)7(5)3-13/h9,11-14H,1-4H2. The van der Waals surface area contributed by atoms with Gasteiger partial charge in [-0.25, -0.2) is 10.5 Å². The van der Waals surface area contributed by atoms with Crippen LogP contribution in [0.2, 0.25) is 0 Å². The van der Waals surface area contributed by atoms with Gasteiger partial charge in [-0.3, -0.25) is 0 Å². The van der Waals surface area contributed by atoms with Gasteiger partial charge in [0, 0.05) is 5.57 Å². The minimum Gasteiger partial charge on any atom is -0.392 e. The van der Waals surface area contributed by atoms with E-state index in [-0.39, 0.29) is 32.3 Å². The van der Waals surface area contributed by atoms with Gasteiger partial charge < -0.3 is 20.4 Å². The summed E-state index contributed by atoms with van der Waals surface area (Å²) in [5.74, 6) is 0. The molecule has 0 aliphatic carbocycles. The van der Waals surface area contributed by atoms with Crippen LogP contribution in [0.5, 0.6) is 0 Å². The average molecular weight is 203 g/mol. The van der Waals surface area contributed by atoms with E-state index in [0.29, 0.717) is 11.3 Å². The Bertz CT molecular complexity index is 264. The number of hydrazine groups is 1. The summed E-state index contributed by atoms with van der Waals surface area (Å²) in [7, 11) is 0. The van der Waals surface area contributed by atoms with Gasteiger partial charge in [0.1, 0.15) is 6.73 Å². The molecule has 1 aliphatic heterocycles. The van der Waals surface area contributed by atoms with Crippen molar-refractivity contribution in [3.8, 4) is 0 Å². The van der Waals surface area contributed by atoms with Gasteiger partial charge in [0.25, 0.3) is 0 Å². The summed E-state index contributed by atoms with van der Waals surface area (Å²) < 4.78 is 0. The number of nitrogens with one attached hydrogen (secondary N) is 1. The quantitative estimate of drug-likeness (QED) is 0.341. The Morgan fingerprint density at radius 3 is 2.21 bits per heavy atom. The first kappa shape index (κ1) is 10.9. The Balaban J connectivity index is 3.00. The number of hydrogen-bond donors (Lipinski definition) is 5. The molecule has 1 heterocycles. The van der Waals surface area contributed by atoms with Crippen molar-refractivity contribution in [1.82, 2.24) is 10.5 Å². The molecule has 1 rings (SSSR count). The molecule has 0 bridgehead atoms. The molecule has 0 radical (unpaired) electrons. The number of hydrogen-bond acceptors (Lipinski definition) is 7. The van der Waals surface area contributed by atoms with E-state index in [1.165, 1.54) is 5.01 Å². The molecule has 80 valence electrons. The van der Waals surface area contributed by atoms with Gasteiger partial charge in [0.05, 0.1) is 31.2 Å². The van der Waals surface area contributed by atoms with E-state index < -0.39 is 0 Å². The third kappa shape index (κ3) is 1.85. The first-order valence-corrected chi connectivity index (χ1v) is 4.04. The van der Waals surface area contributed by atoms with Crippen molar-refractivity contribution in [3.63, 3.8) is 0 Å². The lowest BCUT2D eigenvalue weighted by atomic mass is 10.1. The first-order valence-electron chi connectivity index (χ1n) is 4.04. The van der Waals surface area contributed by atoms with Gasteiger partial charge in [0.2, 0.25) is 0 Å². The summed E-state index contributed by atoms with van der Waals surface area (Å²) in [6.07, 6.45) is 0. The molecule has 14 heavy (non-hydrogen) atoms. The Kier molecular flexibility index (Phi) is 3.84. The van der Waals surface area contributed by atoms with E-state index in [1.54, 1.807) is 0 Å². The van der Waals surface area contributed by atoms with Gasteiger partial charge >= 0.3 is 0 Å². The van der Waals surface area contributed by atoms with Crippen molar-refractivity contribution in [2.24, 2.45) is 5.10 Å². The molecular formula is C7H13N3O4. The zero-order valence-corrected chi connectivity index (χ0v) is 7.51. The van der Waals surface area contributed by atoms with Gasteiger partial charge in [-0.2, -0.15) is 5.10 Å². The lowest BCUT2D eigenvalue weighted by molar-refractivity contribution is 0.0757. The van der Waals surface area contributed by atoms with E-state index >= 15 is 0 Å². The van der Waals surface area contributed by atoms with Crippen LogP contribution in [0.15, 0.2) is 16.4 Å². The molecular weight excluding hydrogens is 190 g/mol. The van der Waals surface area contributed by atoms with Crippen LogP contribution in [0.1, 0.15) is 0 Å². The van der Waals surface area contributed by atoms with E-state index in [9.17, 15) is 0 Å². The van der Waals surface area contributed by atoms with E-state index in [2.05, 4.69) is 10.6 Å². The molecule has 0 unspecified atom stereocenters. The van der Waals surface area contributed by atoms with Crippen LogP contribution in [0.3, 0.4) is 0 Å². The largest absolute Gasteiger partial charge is 0.392 e. The van der Waals surface area contributed by atoms with Gasteiger partial charge in [-0.15, -0.1) is 0 Å². The molecule has 5 N–H and O–H groups in total. The van der Waals surface area contributed by atoms with Crippen LogP contribution in [-0.2, 0) is 0 Å². The zero-order chi connectivity index (χ0) is 10.6. The molecule has 0 saturated heterocycles. The van der Waals surface area contributed by atoms with E-state index in [4.69, 9.17) is 20.4 Å². The highest BCUT2D eigenvalue weighted by molar-refractivity contribution is 6.02. The summed E-state index contributed by atoms with van der Waals surface area (Å²) >= 11 is 0. The second kappa shape index (κ2) is 4.91. The molecule has 0 saturated carbocycles. The molecule has 0 spiro atoms. The van der Waals surface area contributed by atoms with E-state index in [1.807, 2.05) is 0 Å². The van der Waals surface area contributed by atoms with Crippen LogP contribution in [0, 0.1) is 0 Å². The summed E-state index contributed by atoms with van der Waals surface area (Å²) in [5.41, 5.74) is 3.29. The summed E-state index contributed by atoms with van der Waals surface area (Å²) in [6.45, 7) is -1.44. The number of nitrogens with zero attached hydrogens (tertiary/aromatic N) is 2. The second-order valence-corrected chi connectivity index (χ2v) is 2.63. The van der Waals surface area contributed by atoms with Crippen molar-refractivity contribution in [1.29, 1.82) is 0 Å². The fourth-order valence-corrected chi connectivity index (χ4v) is 1.19. The van der Waals surface area contributed by atoms with Crippen LogP contribution in [0.4, 0.5) is 0 Å². The maximum atomic E-state index is 9.01. The van der Waals surface area contributed by atoms with Crippen molar-refractivity contribution < 1.29 is 20.4 Å². The summed E-state index contributed by atoms with van der Waals surface area (Å²) in [6, 6.07) is 0. The molecule has 1 aliphatic rings. The lowest BCUT2D eigenvalue weighted by Crippen LogP contribution is -2.42. The van der Waals surface area contributed by atoms with Crippen molar-refractivity contribution in [2.45, 2.75) is 0 Å². The predicted octanol–water partition coefficient (Wildman–Crippen LogP) is -2.66. The van der Waals surface area contributed by atoms with Crippen molar-refractivity contribution >= 4 is 5.71 Å². The highest BCUT2D eigenvalue weighted by Crippen LogP contribution is 2.13. The molecule has 0 aromatic heterocycles. The van der Waals surface area contributed by atoms with Crippen molar-refractivity contribution in [3.05, 3.63) is 11.3 Å². The fourth-order valence-electron chi connectivity index (χ4n) is 1.19. The predicted molar refractivity (Wildman–Crippen MR) is 47.8 cm³/mol. The highest BCUT2D eigenvalue weighted by Gasteiger charge is 2.21.